The summed E-state index contributed by atoms with van der Waals surface area (Å²) in [5.74, 6) is -0.464. The van der Waals surface area contributed by atoms with E-state index in [0.717, 1.165) is 69.9 Å². The number of fused-ring (bicyclic) bond motifs is 3. The molecule has 1 aliphatic rings. The summed E-state index contributed by atoms with van der Waals surface area (Å²) in [6.07, 6.45) is 3.72. The van der Waals surface area contributed by atoms with Gasteiger partial charge in [0, 0.05) is 22.0 Å². The quantitative estimate of drug-likeness (QED) is 0.204. The highest BCUT2D eigenvalue weighted by Gasteiger charge is 2.34. The van der Waals surface area contributed by atoms with Crippen molar-refractivity contribution >= 4 is 50.0 Å². The van der Waals surface area contributed by atoms with Gasteiger partial charge in [0.25, 0.3) is 5.91 Å². The Morgan fingerprint density at radius 3 is 2.59 bits per heavy atom. The van der Waals surface area contributed by atoms with Crippen LogP contribution in [0, 0.1) is 11.3 Å². The van der Waals surface area contributed by atoms with E-state index in [1.165, 1.54) is 11.3 Å². The average Bonchev–Trinajstić information content (AvgIpc) is 3.46. The summed E-state index contributed by atoms with van der Waals surface area (Å²) in [5, 5.41) is 8.19. The lowest BCUT2D eigenvalue weighted by molar-refractivity contribution is -0.119. The van der Waals surface area contributed by atoms with Gasteiger partial charge in [0.2, 0.25) is 0 Å². The number of nitrogens with one attached hydrogen (secondary N) is 1. The number of aromatic nitrogens is 2. The molecule has 1 amide bonds. The molecule has 3 aromatic carbocycles. The normalized spacial score (nSPS) is 15.0. The molecule has 1 N–H and O–H groups in total. The zero-order chi connectivity index (χ0) is 28.6. The third-order valence-electron chi connectivity index (χ3n) is 8.63. The summed E-state index contributed by atoms with van der Waals surface area (Å²) in [7, 11) is 0. The monoisotopic (exact) mass is 563 g/mol. The summed E-state index contributed by atoms with van der Waals surface area (Å²) in [6, 6.07) is 21.9. The van der Waals surface area contributed by atoms with Gasteiger partial charge in [-0.05, 0) is 53.0 Å². The van der Waals surface area contributed by atoms with Crippen molar-refractivity contribution in [3.8, 4) is 11.3 Å². The second-order valence-corrected chi connectivity index (χ2v) is 12.3. The van der Waals surface area contributed by atoms with Crippen molar-refractivity contribution in [1.29, 1.82) is 0 Å². The number of anilines is 1. The number of hydrogen-bond donors (Lipinski definition) is 1. The number of carbonyl (C=O) groups is 2. The number of aryl methyl sites for hydroxylation is 1. The number of thiazole rings is 1. The number of para-hydroxylation sites is 1. The fraction of sp³-hybridized carbons (Fsp3) is 0.294. The third kappa shape index (κ3) is 5.34. The highest BCUT2D eigenvalue weighted by atomic mass is 32.1. The molecule has 0 fully saturated rings. The highest BCUT2D eigenvalue weighted by Crippen LogP contribution is 2.41. The second kappa shape index (κ2) is 11.1. The van der Waals surface area contributed by atoms with E-state index in [1.54, 1.807) is 0 Å². The Kier molecular flexibility index (Phi) is 7.30. The first-order valence-electron chi connectivity index (χ1n) is 14.1. The van der Waals surface area contributed by atoms with E-state index < -0.39 is 18.5 Å². The van der Waals surface area contributed by atoms with E-state index in [0.29, 0.717) is 16.6 Å². The molecule has 5 aromatic rings. The molecule has 0 bridgehead atoms. The number of carbonyl (C=O) groups excluding carboxylic acids is 2. The van der Waals surface area contributed by atoms with Crippen LogP contribution in [0.25, 0.3) is 32.9 Å². The topological polar surface area (TPSA) is 81.2 Å². The molecule has 41 heavy (non-hydrogen) atoms. The van der Waals surface area contributed by atoms with Crippen LogP contribution in [-0.4, -0.2) is 28.5 Å². The van der Waals surface area contributed by atoms with E-state index in [-0.39, 0.29) is 5.41 Å². The van der Waals surface area contributed by atoms with Gasteiger partial charge in [-0.3, -0.25) is 15.1 Å². The maximum Gasteiger partial charge on any atom is 0.339 e. The van der Waals surface area contributed by atoms with Crippen molar-refractivity contribution < 1.29 is 14.3 Å². The summed E-state index contributed by atoms with van der Waals surface area (Å²) >= 11 is 1.35. The van der Waals surface area contributed by atoms with Crippen LogP contribution in [0.15, 0.2) is 72.1 Å². The Hall–Kier alpha value is -4.10. The number of benzene rings is 3. The predicted octanol–water partition coefficient (Wildman–Crippen LogP) is 7.85. The summed E-state index contributed by atoms with van der Waals surface area (Å²) in [5.41, 5.74) is 5.20. The molecule has 7 heteroatoms. The van der Waals surface area contributed by atoms with Crippen LogP contribution in [0.1, 0.15) is 55.2 Å². The smallest absolute Gasteiger partial charge is 0.339 e. The van der Waals surface area contributed by atoms with Crippen molar-refractivity contribution in [2.24, 2.45) is 11.3 Å². The molecule has 2 aromatic heterocycles. The lowest BCUT2D eigenvalue weighted by Gasteiger charge is -2.37. The zero-order valence-corrected chi connectivity index (χ0v) is 24.4. The Morgan fingerprint density at radius 1 is 1.00 bits per heavy atom. The Balaban J connectivity index is 1.20. The van der Waals surface area contributed by atoms with Crippen molar-refractivity contribution in [3.63, 3.8) is 0 Å². The maximum atomic E-state index is 13.6. The van der Waals surface area contributed by atoms with Crippen molar-refractivity contribution in [1.82, 2.24) is 9.97 Å². The molecule has 0 spiro atoms. The molecule has 1 atom stereocenters. The highest BCUT2D eigenvalue weighted by molar-refractivity contribution is 7.14. The molecule has 208 valence electrons. The average molecular weight is 564 g/mol. The van der Waals surface area contributed by atoms with Crippen LogP contribution in [0.5, 0.6) is 0 Å². The van der Waals surface area contributed by atoms with Crippen LogP contribution >= 0.6 is 11.3 Å². The summed E-state index contributed by atoms with van der Waals surface area (Å²) < 4.78 is 5.63. The van der Waals surface area contributed by atoms with Crippen LogP contribution < -0.4 is 5.32 Å². The van der Waals surface area contributed by atoms with Gasteiger partial charge in [-0.25, -0.2) is 9.78 Å². The van der Waals surface area contributed by atoms with Crippen LogP contribution in [0.2, 0.25) is 0 Å². The zero-order valence-electron chi connectivity index (χ0n) is 23.6. The molecular formula is C34H33N3O3S. The van der Waals surface area contributed by atoms with Gasteiger partial charge >= 0.3 is 5.97 Å². The number of nitrogens with zero attached hydrogens (tertiary/aromatic N) is 2. The van der Waals surface area contributed by atoms with Gasteiger partial charge in [-0.2, -0.15) is 0 Å². The van der Waals surface area contributed by atoms with E-state index in [4.69, 9.17) is 9.72 Å². The summed E-state index contributed by atoms with van der Waals surface area (Å²) in [6.45, 7) is 6.42. The van der Waals surface area contributed by atoms with E-state index in [1.807, 2.05) is 53.9 Å². The Bertz CT molecular complexity index is 1770. The lowest BCUT2D eigenvalue weighted by Crippen LogP contribution is -2.31. The van der Waals surface area contributed by atoms with Crippen molar-refractivity contribution in [3.05, 3.63) is 88.9 Å². The van der Waals surface area contributed by atoms with Gasteiger partial charge in [0.15, 0.2) is 11.7 Å². The van der Waals surface area contributed by atoms with Gasteiger partial charge in [-0.1, -0.05) is 87.9 Å². The second-order valence-electron chi connectivity index (χ2n) is 11.4. The summed E-state index contributed by atoms with van der Waals surface area (Å²) in [4.78, 5) is 36.0. The minimum absolute atomic E-state index is 0.156. The van der Waals surface area contributed by atoms with E-state index in [2.05, 4.69) is 49.3 Å². The number of rotatable bonds is 7. The molecular weight excluding hydrogens is 530 g/mol. The molecule has 2 heterocycles. The molecule has 0 saturated heterocycles. The molecule has 6 rings (SSSR count). The van der Waals surface area contributed by atoms with E-state index >= 15 is 0 Å². The fourth-order valence-electron chi connectivity index (χ4n) is 5.84. The molecule has 1 aliphatic carbocycles. The maximum absolute atomic E-state index is 13.6. The number of amides is 1. The Labute approximate surface area is 243 Å². The minimum Gasteiger partial charge on any atom is -0.452 e. The van der Waals surface area contributed by atoms with Gasteiger partial charge < -0.3 is 4.74 Å². The molecule has 6 nitrogen and oxygen atoms in total. The van der Waals surface area contributed by atoms with Crippen LogP contribution in [0.4, 0.5) is 5.13 Å². The number of esters is 1. The van der Waals surface area contributed by atoms with Gasteiger partial charge in [-0.15, -0.1) is 11.3 Å². The van der Waals surface area contributed by atoms with Crippen molar-refractivity contribution in [2.75, 3.05) is 11.9 Å². The predicted molar refractivity (Wildman–Crippen MR) is 165 cm³/mol. The molecule has 0 saturated carbocycles. The molecule has 0 radical (unpaired) electrons. The van der Waals surface area contributed by atoms with E-state index in [9.17, 15) is 9.59 Å². The Morgan fingerprint density at radius 2 is 1.76 bits per heavy atom. The number of ether oxygens (including phenoxy) is 1. The first-order valence-corrected chi connectivity index (χ1v) is 15.0. The number of pyridine rings is 1. The fourth-order valence-corrected chi connectivity index (χ4v) is 6.57. The first-order chi connectivity index (χ1) is 19.8. The van der Waals surface area contributed by atoms with Gasteiger partial charge in [0.05, 0.1) is 16.8 Å². The SMILES string of the molecule is CCC(C)(C)C1CCc2nc3ccccc3c(C(=O)OCC(=O)Nc3nc(-c4cccc5ccccc45)cs3)c2C1. The molecule has 0 aliphatic heterocycles. The van der Waals surface area contributed by atoms with Crippen LogP contribution in [0.3, 0.4) is 0 Å². The number of hydrogen-bond acceptors (Lipinski definition) is 6. The largest absolute Gasteiger partial charge is 0.452 e. The molecule has 1 unspecified atom stereocenters. The third-order valence-corrected chi connectivity index (χ3v) is 9.39. The standard InChI is InChI=1S/C34H33N3O3S/c1-4-34(2,3)22-16-17-28-26(18-22)31(25-13-7-8-15-27(25)35-28)32(39)40-19-30(38)37-33-36-29(20-41-33)24-14-9-11-21-10-5-6-12-23(21)24/h5-15,20,22H,4,16-19H2,1-3H3,(H,36,37,38). The lowest BCUT2D eigenvalue weighted by atomic mass is 9.68. The minimum atomic E-state index is -0.486. The van der Waals surface area contributed by atoms with Gasteiger partial charge in [0.1, 0.15) is 0 Å². The van der Waals surface area contributed by atoms with Crippen LogP contribution in [-0.2, 0) is 22.4 Å². The van der Waals surface area contributed by atoms with Crippen molar-refractivity contribution in [2.45, 2.75) is 46.5 Å². The first kappa shape index (κ1) is 27.1.